The number of hydrogen-bond acceptors (Lipinski definition) is 22. The Morgan fingerprint density at radius 2 is 0.952 bits per heavy atom. The van der Waals surface area contributed by atoms with Crippen LogP contribution in [0, 0.1) is 69.0 Å². The maximum atomic E-state index is 14.9. The summed E-state index contributed by atoms with van der Waals surface area (Å²) in [5, 5.41) is 48.5. The van der Waals surface area contributed by atoms with Crippen molar-refractivity contribution in [2.24, 2.45) is 69.0 Å². The van der Waals surface area contributed by atoms with Crippen molar-refractivity contribution in [3.63, 3.8) is 0 Å². The van der Waals surface area contributed by atoms with E-state index in [0.29, 0.717) is 108 Å². The Morgan fingerprint density at radius 1 is 0.528 bits per heavy atom. The Hall–Kier alpha value is -8.99. The first kappa shape index (κ1) is 92.2. The van der Waals surface area contributed by atoms with Crippen LogP contribution >= 0.6 is 11.6 Å². The Bertz CT molecular complexity index is 4850. The molecule has 10 fully saturated rings. The van der Waals surface area contributed by atoms with E-state index in [0.717, 1.165) is 79.7 Å². The van der Waals surface area contributed by atoms with Crippen molar-refractivity contribution in [2.75, 3.05) is 76.2 Å². The van der Waals surface area contributed by atoms with Gasteiger partial charge in [0.15, 0.2) is 23.2 Å². The average Bonchev–Trinajstić information content (AvgIpc) is 1.60. The van der Waals surface area contributed by atoms with Gasteiger partial charge in [-0.2, -0.15) is 0 Å². The predicted molar refractivity (Wildman–Crippen MR) is 475 cm³/mol. The van der Waals surface area contributed by atoms with E-state index in [1.54, 1.807) is 14.3 Å². The number of nitrogens with zero attached hydrogens (tertiary/aromatic N) is 10. The molecule has 6 saturated carbocycles. The quantitative estimate of drug-likeness (QED) is 0.0234. The molecule has 10 aliphatic rings. The summed E-state index contributed by atoms with van der Waals surface area (Å²) in [4.78, 5) is 124. The average molecular weight is 1750 g/mol. The SMILES string of the molecule is CC(C)Nc1ccn(-c2cc(Cl)c3ccc(OCCN4CCCCC4)cc3n2)n1.CC[C@@H]1C[C@]1(CC(=O)[C@@H]1C[C@@H](O)CN1C(=O)C(CC(=O)OC1C[C@@H]2C[C@@H]2C1)C(C)(C)C)C(=O)O.CC[C@@H]1C[C@]1(CC(=O)[C@@H]1C[C@@H](Oc2cc(-n3ccc(NC(C)C)n3)nc3cc(OCCN4CCCCC4)ccc23)CN1C(=O)C(CC(=O)OC1C[C@@H]2C[C@@H]2C1)C(C)(C)C)C(=O)O. The lowest BCUT2D eigenvalue weighted by Crippen LogP contribution is -2.48. The number of aliphatic hydroxyl groups is 1. The molecule has 16 atom stereocenters. The number of amides is 2. The molecule has 6 aliphatic carbocycles. The molecule has 680 valence electrons. The van der Waals surface area contributed by atoms with Crippen molar-refractivity contribution in [2.45, 2.75) is 273 Å². The number of nitrogens with one attached hydrogen (secondary N) is 2. The Labute approximate surface area is 740 Å². The highest BCUT2D eigenvalue weighted by atomic mass is 35.5. The van der Waals surface area contributed by atoms with Crippen LogP contribution in [0.1, 0.15) is 224 Å². The number of hydrogen-bond donors (Lipinski definition) is 5. The fourth-order valence-corrected chi connectivity index (χ4v) is 20.7. The summed E-state index contributed by atoms with van der Waals surface area (Å²) >= 11 is 6.52. The van der Waals surface area contributed by atoms with Crippen molar-refractivity contribution in [3.8, 4) is 28.9 Å². The first-order chi connectivity index (χ1) is 59.5. The first-order valence-electron chi connectivity index (χ1n) is 46.3. The summed E-state index contributed by atoms with van der Waals surface area (Å²) in [7, 11) is 0. The van der Waals surface area contributed by atoms with Gasteiger partial charge in [0.25, 0.3) is 0 Å². The number of Topliss-reactive ketones (excluding diaryl/α,β-unsaturated/α-hetero) is 2. The summed E-state index contributed by atoms with van der Waals surface area (Å²) in [6, 6.07) is 17.8. The van der Waals surface area contributed by atoms with Gasteiger partial charge in [-0.05, 0) is 202 Å². The molecule has 2 amide bonds. The topological polar surface area (TPSA) is 342 Å². The van der Waals surface area contributed by atoms with E-state index in [1.165, 1.54) is 69.4 Å². The fraction of sp³-hybridized carbons (Fsp3) is 0.667. The Morgan fingerprint density at radius 3 is 1.38 bits per heavy atom. The van der Waals surface area contributed by atoms with Gasteiger partial charge in [-0.25, -0.2) is 19.3 Å². The normalized spacial score (nSPS) is 27.3. The van der Waals surface area contributed by atoms with E-state index in [1.807, 2.05) is 142 Å². The summed E-state index contributed by atoms with van der Waals surface area (Å²) in [6.07, 6.45) is 17.8. The zero-order chi connectivity index (χ0) is 89.1. The number of carboxylic acid groups (broad SMARTS) is 2. The number of rotatable bonds is 34. The van der Waals surface area contributed by atoms with Crippen LogP contribution in [0.25, 0.3) is 33.4 Å². The Kier molecular flexibility index (Phi) is 28.7. The number of aliphatic carboxylic acids is 2. The number of likely N-dealkylation sites (tertiary alicyclic amines) is 4. The molecule has 4 aliphatic heterocycles. The number of aliphatic hydroxyl groups excluding tert-OH is 1. The van der Waals surface area contributed by atoms with Crippen molar-refractivity contribution in [1.82, 2.24) is 49.1 Å². The van der Waals surface area contributed by atoms with Crippen molar-refractivity contribution >= 4 is 92.3 Å². The number of fused-ring (bicyclic) bond motifs is 4. The molecule has 0 radical (unpaired) electrons. The number of carbonyl (C=O) groups excluding carboxylic acids is 6. The number of piperidine rings is 2. The molecule has 2 aromatic carbocycles. The molecule has 8 heterocycles. The molecular weight excluding hydrogens is 1610 g/mol. The monoisotopic (exact) mass is 1740 g/mol. The lowest BCUT2D eigenvalue weighted by atomic mass is 9.77. The van der Waals surface area contributed by atoms with E-state index in [4.69, 9.17) is 50.4 Å². The number of anilines is 2. The van der Waals surface area contributed by atoms with Crippen molar-refractivity contribution < 1.29 is 77.4 Å². The third-order valence-corrected chi connectivity index (χ3v) is 28.4. The fourth-order valence-electron chi connectivity index (χ4n) is 20.4. The van der Waals surface area contributed by atoms with E-state index < -0.39 is 81.7 Å². The number of benzene rings is 2. The molecule has 28 nitrogen and oxygen atoms in total. The second kappa shape index (κ2) is 38.9. The maximum Gasteiger partial charge on any atom is 0.310 e. The number of carboxylic acids is 2. The van der Waals surface area contributed by atoms with E-state index in [9.17, 15) is 53.7 Å². The van der Waals surface area contributed by atoms with Crippen LogP contribution in [-0.2, 0) is 47.8 Å². The lowest BCUT2D eigenvalue weighted by Gasteiger charge is -2.35. The largest absolute Gasteiger partial charge is 0.492 e. The molecule has 29 heteroatoms. The van der Waals surface area contributed by atoms with Gasteiger partial charge < -0.3 is 59.4 Å². The zero-order valence-corrected chi connectivity index (χ0v) is 76.0. The van der Waals surface area contributed by atoms with Crippen LogP contribution in [0.2, 0.25) is 5.02 Å². The summed E-state index contributed by atoms with van der Waals surface area (Å²) in [5.41, 5.74) is -1.94. The second-order valence-electron chi connectivity index (χ2n) is 40.3. The number of halogens is 1. The second-order valence-corrected chi connectivity index (χ2v) is 40.7. The van der Waals surface area contributed by atoms with E-state index in [2.05, 4.69) is 39.4 Å². The summed E-state index contributed by atoms with van der Waals surface area (Å²) < 4.78 is 34.1. The highest BCUT2D eigenvalue weighted by Gasteiger charge is 2.63. The standard InChI is InChI=1S/C48H66N6O8.C26H39NO7.C22H28ClN5O/c1-7-32-26-48(32,46(58)59)27-40(55)39-23-35(28-53(39)45(57)37(47(4,5)6)24-44(56)62-34-20-30-19-31(30)21-34)61-41-25-43(54-16-13-42(51-54)49-29(2)3)50-38-22-33(11-12-36(38)41)60-18-17-52-14-9-8-10-15-52;1-5-16-11-26(16,24(32)33)12-21(29)20-9-17(28)13-27(20)23(31)19(25(2,3)4)10-22(30)34-18-7-14-6-15(14)8-18;1-16(2)24-21-8-11-28(26-21)22-15-19(23)18-7-6-17(14-20(18)25-22)29-13-12-27-9-4-3-5-10-27/h11-13,16,22,25,29-32,34-35,37,39H,7-10,14-15,17-21,23-24,26-28H2,1-6H3,(H,49,51)(H,58,59);14-20,28H,5-13H2,1-4H3,(H,32,33);6-8,11,14-16H,3-5,9-10,12-13H2,1-2H3,(H,24,26)/t30-,31+,32-,34?,35-,37?,39+,48-;14-,15+,16-,17-,18?,19?,20+,26-;/m11./s1. The van der Waals surface area contributed by atoms with Crippen LogP contribution in [0.15, 0.2) is 73.1 Å². The van der Waals surface area contributed by atoms with Crippen LogP contribution in [0.3, 0.4) is 0 Å². The number of ether oxygens (including phenoxy) is 5. The number of pyridine rings is 2. The smallest absolute Gasteiger partial charge is 0.310 e. The van der Waals surface area contributed by atoms with Gasteiger partial charge in [-0.3, -0.25) is 48.2 Å². The molecule has 4 aromatic heterocycles. The minimum absolute atomic E-state index is 0.0140. The highest BCUT2D eigenvalue weighted by Crippen LogP contribution is 2.60. The molecule has 125 heavy (non-hydrogen) atoms. The molecule has 5 N–H and O–H groups in total. The number of esters is 2. The molecule has 4 unspecified atom stereocenters. The van der Waals surface area contributed by atoms with Gasteiger partial charge in [-0.15, -0.1) is 10.2 Å². The summed E-state index contributed by atoms with van der Waals surface area (Å²) in [6.45, 7) is 31.2. The van der Waals surface area contributed by atoms with Crippen LogP contribution < -0.4 is 24.8 Å². The third kappa shape index (κ3) is 22.6. The van der Waals surface area contributed by atoms with E-state index >= 15 is 0 Å². The van der Waals surface area contributed by atoms with Gasteiger partial charge in [0.05, 0.1) is 76.3 Å². The van der Waals surface area contributed by atoms with Gasteiger partial charge in [0.1, 0.15) is 60.4 Å². The zero-order valence-electron chi connectivity index (χ0n) is 75.3. The Balaban J connectivity index is 0.000000169. The molecule has 4 saturated heterocycles. The number of aromatic nitrogens is 6. The van der Waals surface area contributed by atoms with Gasteiger partial charge in [-0.1, -0.05) is 92.7 Å². The van der Waals surface area contributed by atoms with Crippen molar-refractivity contribution in [3.05, 3.63) is 78.1 Å². The number of carbonyl (C=O) groups is 8. The first-order valence-corrected chi connectivity index (χ1v) is 46.7. The maximum absolute atomic E-state index is 14.9. The summed E-state index contributed by atoms with van der Waals surface area (Å²) in [5.74, 6) is 1.75. The van der Waals surface area contributed by atoms with Gasteiger partial charge in [0.2, 0.25) is 11.8 Å². The molecular formula is C96H133ClN12O16. The molecule has 6 aromatic rings. The minimum Gasteiger partial charge on any atom is -0.492 e. The van der Waals surface area contributed by atoms with Gasteiger partial charge >= 0.3 is 23.9 Å². The molecule has 16 rings (SSSR count). The van der Waals surface area contributed by atoms with Gasteiger partial charge in [0, 0.05) is 117 Å². The highest BCUT2D eigenvalue weighted by molar-refractivity contribution is 6.35. The van der Waals surface area contributed by atoms with Crippen LogP contribution in [0.5, 0.6) is 17.2 Å². The lowest BCUT2D eigenvalue weighted by molar-refractivity contribution is -0.157. The molecule has 0 spiro atoms. The van der Waals surface area contributed by atoms with Crippen LogP contribution in [0.4, 0.5) is 11.6 Å². The van der Waals surface area contributed by atoms with Crippen LogP contribution in [-0.4, -0.2) is 226 Å². The number of ketones is 2. The molecule has 0 bridgehead atoms. The predicted octanol–water partition coefficient (Wildman–Crippen LogP) is 14.9. The number of β-amino-alcohol motifs (C(OH)–C–C–N with tert-alkyl or cyclic N) is 1. The minimum atomic E-state index is -1.13. The third-order valence-electron chi connectivity index (χ3n) is 28.1. The van der Waals surface area contributed by atoms with E-state index in [-0.39, 0.29) is 105 Å². The van der Waals surface area contributed by atoms with Crippen molar-refractivity contribution in [1.29, 1.82) is 0 Å².